The molecule has 0 aromatic heterocycles. The van der Waals surface area contributed by atoms with Gasteiger partial charge in [0.05, 0.1) is 24.7 Å². The topological polar surface area (TPSA) is 144 Å². The van der Waals surface area contributed by atoms with Crippen molar-refractivity contribution in [1.29, 1.82) is 0 Å². The van der Waals surface area contributed by atoms with E-state index in [1.807, 2.05) is 0 Å². The molecule has 0 amide bonds. The Kier molecular flexibility index (Phi) is 7.49. The Balaban J connectivity index is 2.23. The molecule has 0 atom stereocenters. The highest BCUT2D eigenvalue weighted by Gasteiger charge is 2.50. The lowest BCUT2D eigenvalue weighted by molar-refractivity contribution is 0.101. The number of ketones is 1. The van der Waals surface area contributed by atoms with E-state index in [0.717, 1.165) is 0 Å². The van der Waals surface area contributed by atoms with Gasteiger partial charge < -0.3 is 11.5 Å². The number of benzene rings is 3. The molecule has 33 heavy (non-hydrogen) atoms. The molecule has 0 radical (unpaired) electrons. The van der Waals surface area contributed by atoms with Gasteiger partial charge in [-0.1, -0.05) is 66.7 Å². The third-order valence-corrected chi connectivity index (χ3v) is 9.77. The fourth-order valence-corrected chi connectivity index (χ4v) is 7.67. The van der Waals surface area contributed by atoms with Gasteiger partial charge in [-0.05, 0) is 24.3 Å². The summed E-state index contributed by atoms with van der Waals surface area (Å²) in [7, 11) is -9.72. The molecule has 3 aromatic carbocycles. The third-order valence-electron chi connectivity index (χ3n) is 4.85. The number of para-hydroxylation sites is 2. The second kappa shape index (κ2) is 10.1. The van der Waals surface area contributed by atoms with Crippen LogP contribution in [-0.2, 0) is 20.0 Å². The number of hydrogen-bond acceptors (Lipinski definition) is 7. The first-order valence-electron chi connectivity index (χ1n) is 9.87. The van der Waals surface area contributed by atoms with E-state index in [9.17, 15) is 21.6 Å². The quantitative estimate of drug-likeness (QED) is 0.326. The van der Waals surface area contributed by atoms with Crippen LogP contribution in [0.4, 0.5) is 11.4 Å². The number of rotatable bonds is 10. The number of Topliss-reactive ketones (excluding diaryl/α,β-unsaturated/α-hetero) is 1. The first-order valence-corrected chi connectivity index (χ1v) is 12.9. The normalized spacial score (nSPS) is 11.8. The highest BCUT2D eigenvalue weighted by Crippen LogP contribution is 2.29. The van der Waals surface area contributed by atoms with Crippen LogP contribution in [0, 0.1) is 0 Å². The van der Waals surface area contributed by atoms with Crippen LogP contribution in [-0.4, -0.2) is 40.5 Å². The van der Waals surface area contributed by atoms with E-state index in [-0.39, 0.29) is 16.9 Å². The van der Waals surface area contributed by atoms with Crippen molar-refractivity contribution in [3.8, 4) is 0 Å². The maximum Gasteiger partial charge on any atom is 0.263 e. The molecular weight excluding hydrogens is 464 g/mol. The van der Waals surface area contributed by atoms with E-state index in [2.05, 4.69) is 0 Å². The minimum absolute atomic E-state index is 0.0790. The monoisotopic (exact) mass is 488 g/mol. The Morgan fingerprint density at radius 3 is 1.30 bits per heavy atom. The Hall–Kier alpha value is -3.25. The fraction of sp³-hybridized carbons (Fsp3) is 0.136. The van der Waals surface area contributed by atoms with Gasteiger partial charge in [0.1, 0.15) is 0 Å². The Bertz CT molecular complexity index is 1210. The molecule has 0 heterocycles. The summed E-state index contributed by atoms with van der Waals surface area (Å²) >= 11 is 0. The zero-order valence-electron chi connectivity index (χ0n) is 17.6. The van der Waals surface area contributed by atoms with Crippen LogP contribution >= 0.6 is 0 Å². The molecule has 3 rings (SSSR count). The molecule has 174 valence electrons. The summed E-state index contributed by atoms with van der Waals surface area (Å²) in [6.45, 7) is -1.15. The number of anilines is 2. The maximum absolute atomic E-state index is 13.8. The van der Waals surface area contributed by atoms with Crippen molar-refractivity contribution < 1.29 is 21.6 Å². The standard InChI is InChI=1S/C22H24N4O5S2/c23-16-25(19-12-6-2-7-13-19)32(28,29)22(21(27)18-10-4-1-5-11-18)33(30,31)26(17-24)20-14-8-3-9-15-20/h1-15,22H,16-17,23-24H2. The van der Waals surface area contributed by atoms with Crippen LogP contribution in [0.1, 0.15) is 10.4 Å². The van der Waals surface area contributed by atoms with Crippen LogP contribution in [0.2, 0.25) is 0 Å². The van der Waals surface area contributed by atoms with E-state index >= 15 is 0 Å². The van der Waals surface area contributed by atoms with Gasteiger partial charge in [0.25, 0.3) is 24.6 Å². The smallest absolute Gasteiger partial charge is 0.263 e. The van der Waals surface area contributed by atoms with Gasteiger partial charge >= 0.3 is 0 Å². The number of hydrogen-bond donors (Lipinski definition) is 2. The molecule has 0 unspecified atom stereocenters. The highest BCUT2D eigenvalue weighted by atomic mass is 32.3. The van der Waals surface area contributed by atoms with Crippen molar-refractivity contribution >= 4 is 37.2 Å². The number of carbonyl (C=O) groups excluding carboxylic acids is 1. The highest BCUT2D eigenvalue weighted by molar-refractivity contribution is 8.11. The molecule has 0 saturated heterocycles. The van der Waals surface area contributed by atoms with Crippen LogP contribution < -0.4 is 20.1 Å². The second-order valence-corrected chi connectivity index (χ2v) is 11.1. The summed E-state index contributed by atoms with van der Waals surface area (Å²) in [4.78, 5) is 13.4. The van der Waals surface area contributed by atoms with Crippen molar-refractivity contribution in [1.82, 2.24) is 0 Å². The average molecular weight is 489 g/mol. The summed E-state index contributed by atoms with van der Waals surface area (Å²) in [5.41, 5.74) is 11.6. The second-order valence-electron chi connectivity index (χ2n) is 6.89. The van der Waals surface area contributed by atoms with E-state index in [4.69, 9.17) is 11.5 Å². The third kappa shape index (κ3) is 4.91. The van der Waals surface area contributed by atoms with Crippen molar-refractivity contribution in [2.45, 2.75) is 4.58 Å². The van der Waals surface area contributed by atoms with E-state index in [1.165, 1.54) is 48.5 Å². The van der Waals surface area contributed by atoms with Crippen LogP contribution in [0.25, 0.3) is 0 Å². The van der Waals surface area contributed by atoms with Crippen molar-refractivity contribution in [2.75, 3.05) is 21.9 Å². The Labute approximate surface area is 193 Å². The van der Waals surface area contributed by atoms with Crippen LogP contribution in [0.15, 0.2) is 91.0 Å². The first-order chi connectivity index (χ1) is 15.7. The lowest BCUT2D eigenvalue weighted by Gasteiger charge is -2.31. The molecule has 0 aliphatic heterocycles. The van der Waals surface area contributed by atoms with Crippen molar-refractivity contribution in [3.63, 3.8) is 0 Å². The molecule has 0 saturated carbocycles. The van der Waals surface area contributed by atoms with E-state index in [1.54, 1.807) is 42.5 Å². The van der Waals surface area contributed by atoms with Crippen molar-refractivity contribution in [2.24, 2.45) is 11.5 Å². The van der Waals surface area contributed by atoms with Crippen LogP contribution in [0.5, 0.6) is 0 Å². The molecule has 3 aromatic rings. The molecular formula is C22H24N4O5S2. The average Bonchev–Trinajstić information content (AvgIpc) is 2.81. The molecule has 11 heteroatoms. The minimum Gasteiger partial charge on any atom is -0.313 e. The lowest BCUT2D eigenvalue weighted by atomic mass is 10.1. The zero-order chi connectivity index (χ0) is 24.1. The zero-order valence-corrected chi connectivity index (χ0v) is 19.2. The number of sulfonamides is 2. The van der Waals surface area contributed by atoms with Gasteiger partial charge in [0, 0.05) is 5.56 Å². The van der Waals surface area contributed by atoms with E-state index < -0.39 is 43.7 Å². The summed E-state index contributed by atoms with van der Waals surface area (Å²) in [5.74, 6) is -1.11. The maximum atomic E-state index is 13.8. The molecule has 0 bridgehead atoms. The summed E-state index contributed by atoms with van der Waals surface area (Å²) in [6.07, 6.45) is 0. The largest absolute Gasteiger partial charge is 0.313 e. The molecule has 0 aliphatic carbocycles. The van der Waals surface area contributed by atoms with E-state index in [0.29, 0.717) is 8.61 Å². The van der Waals surface area contributed by atoms with Gasteiger partial charge in [0.2, 0.25) is 0 Å². The molecule has 9 nitrogen and oxygen atoms in total. The van der Waals surface area contributed by atoms with Gasteiger partial charge in [-0.15, -0.1) is 0 Å². The lowest BCUT2D eigenvalue weighted by Crippen LogP contribution is -2.54. The number of carbonyl (C=O) groups is 1. The Morgan fingerprint density at radius 1 is 0.636 bits per heavy atom. The molecule has 4 N–H and O–H groups in total. The Morgan fingerprint density at radius 2 is 0.970 bits per heavy atom. The molecule has 0 spiro atoms. The van der Waals surface area contributed by atoms with Gasteiger partial charge in [0.15, 0.2) is 5.78 Å². The van der Waals surface area contributed by atoms with Gasteiger partial charge in [-0.2, -0.15) is 0 Å². The first kappa shape index (κ1) is 24.4. The van der Waals surface area contributed by atoms with Crippen LogP contribution in [0.3, 0.4) is 0 Å². The van der Waals surface area contributed by atoms with Crippen molar-refractivity contribution in [3.05, 3.63) is 96.6 Å². The summed E-state index contributed by atoms with van der Waals surface area (Å²) < 4.78 is 53.9. The predicted octanol–water partition coefficient (Wildman–Crippen LogP) is 1.70. The van der Waals surface area contributed by atoms with Gasteiger partial charge in [-0.3, -0.25) is 13.4 Å². The fourth-order valence-electron chi connectivity index (χ4n) is 3.29. The minimum atomic E-state index is -4.86. The predicted molar refractivity (Wildman–Crippen MR) is 128 cm³/mol. The number of nitrogens with two attached hydrogens (primary N) is 2. The summed E-state index contributed by atoms with van der Waals surface area (Å²) in [6, 6.07) is 22.8. The molecule has 0 fully saturated rings. The molecule has 0 aliphatic rings. The van der Waals surface area contributed by atoms with Gasteiger partial charge in [-0.25, -0.2) is 16.8 Å². The SMILES string of the molecule is NCN(c1ccccc1)S(=O)(=O)C(C(=O)c1ccccc1)S(=O)(=O)N(CN)c1ccccc1. The number of nitrogens with zero attached hydrogens (tertiary/aromatic N) is 2. The summed E-state index contributed by atoms with van der Waals surface area (Å²) in [5, 5.41) is 0.